The topological polar surface area (TPSA) is 46.9 Å². The summed E-state index contributed by atoms with van der Waals surface area (Å²) < 4.78 is 38.3. The Morgan fingerprint density at radius 1 is 1.26 bits per heavy atom. The zero-order chi connectivity index (χ0) is 17.0. The van der Waals surface area contributed by atoms with Gasteiger partial charge in [0.2, 0.25) is 5.91 Å². The monoisotopic (exact) mass is 325 g/mol. The average Bonchev–Trinajstić information content (AvgIpc) is 2.95. The number of hydrogen-bond acceptors (Lipinski definition) is 2. The van der Waals surface area contributed by atoms with Crippen LogP contribution in [-0.2, 0) is 23.9 Å². The number of rotatable bonds is 5. The summed E-state index contributed by atoms with van der Waals surface area (Å²) in [6.45, 7) is 3.62. The molecule has 0 saturated carbocycles. The van der Waals surface area contributed by atoms with Gasteiger partial charge in [0.25, 0.3) is 0 Å². The second-order valence-corrected chi connectivity index (χ2v) is 5.28. The fourth-order valence-corrected chi connectivity index (χ4v) is 2.16. The Labute approximate surface area is 132 Å². The van der Waals surface area contributed by atoms with E-state index in [1.54, 1.807) is 0 Å². The minimum atomic E-state index is -4.50. The second-order valence-electron chi connectivity index (χ2n) is 5.28. The van der Waals surface area contributed by atoms with Gasteiger partial charge in [-0.3, -0.25) is 9.48 Å². The number of nitrogens with zero attached hydrogens (tertiary/aromatic N) is 2. The Morgan fingerprint density at radius 3 is 2.43 bits per heavy atom. The van der Waals surface area contributed by atoms with Crippen LogP contribution in [0, 0.1) is 0 Å². The van der Waals surface area contributed by atoms with E-state index in [1.165, 1.54) is 5.56 Å². The molecule has 4 nitrogen and oxygen atoms in total. The number of benzene rings is 1. The maximum Gasteiger partial charge on any atom is 0.435 e. The average molecular weight is 325 g/mol. The molecule has 0 radical (unpaired) electrons. The Hall–Kier alpha value is -2.31. The molecule has 0 aliphatic carbocycles. The molecule has 0 fully saturated rings. The minimum absolute atomic E-state index is 0.231. The fourth-order valence-electron chi connectivity index (χ4n) is 2.16. The van der Waals surface area contributed by atoms with Crippen molar-refractivity contribution in [3.05, 3.63) is 53.3 Å². The summed E-state index contributed by atoms with van der Waals surface area (Å²) in [5, 5.41) is 6.10. The molecule has 1 amide bonds. The number of carbonyl (C=O) groups excluding carboxylic acids is 1. The standard InChI is InChI=1S/C16H18F3N3O/c1-3-12-4-6-13(7-5-12)11(2)20-15(23)10-22-9-8-14(21-22)16(17,18)19/h4-9,11H,3,10H2,1-2H3,(H,20,23). The van der Waals surface area contributed by atoms with Gasteiger partial charge in [-0.2, -0.15) is 18.3 Å². The molecule has 1 aromatic carbocycles. The van der Waals surface area contributed by atoms with Gasteiger partial charge in [-0.15, -0.1) is 0 Å². The van der Waals surface area contributed by atoms with Crippen molar-refractivity contribution in [2.24, 2.45) is 0 Å². The molecule has 1 atom stereocenters. The van der Waals surface area contributed by atoms with E-state index in [9.17, 15) is 18.0 Å². The number of aryl methyl sites for hydroxylation is 1. The Kier molecular flexibility index (Phi) is 5.08. The van der Waals surface area contributed by atoms with Gasteiger partial charge in [-0.1, -0.05) is 31.2 Å². The van der Waals surface area contributed by atoms with Gasteiger partial charge in [0.1, 0.15) is 6.54 Å². The van der Waals surface area contributed by atoms with Crippen LogP contribution >= 0.6 is 0 Å². The van der Waals surface area contributed by atoms with Crippen LogP contribution in [0.5, 0.6) is 0 Å². The van der Waals surface area contributed by atoms with Crippen LogP contribution in [0.1, 0.15) is 36.7 Å². The summed E-state index contributed by atoms with van der Waals surface area (Å²) in [5.74, 6) is -0.395. The largest absolute Gasteiger partial charge is 0.435 e. The number of aromatic nitrogens is 2. The Morgan fingerprint density at radius 2 is 1.91 bits per heavy atom. The number of halogens is 3. The SMILES string of the molecule is CCc1ccc(C(C)NC(=O)Cn2ccc(C(F)(F)F)n2)cc1. The van der Waals surface area contributed by atoms with E-state index < -0.39 is 17.8 Å². The molecule has 1 heterocycles. The number of hydrogen-bond donors (Lipinski definition) is 1. The highest BCUT2D eigenvalue weighted by molar-refractivity contribution is 5.76. The van der Waals surface area contributed by atoms with Crippen molar-refractivity contribution in [3.63, 3.8) is 0 Å². The van der Waals surface area contributed by atoms with Gasteiger partial charge in [0.05, 0.1) is 6.04 Å². The predicted octanol–water partition coefficient (Wildman–Crippen LogP) is 3.34. The highest BCUT2D eigenvalue weighted by atomic mass is 19.4. The molecular weight excluding hydrogens is 307 g/mol. The van der Waals surface area contributed by atoms with Crippen molar-refractivity contribution >= 4 is 5.91 Å². The Balaban J connectivity index is 1.94. The molecule has 2 aromatic rings. The first-order valence-electron chi connectivity index (χ1n) is 7.28. The smallest absolute Gasteiger partial charge is 0.348 e. The van der Waals surface area contributed by atoms with Crippen molar-refractivity contribution in [1.82, 2.24) is 15.1 Å². The van der Waals surface area contributed by atoms with Crippen LogP contribution in [0.2, 0.25) is 0 Å². The number of amides is 1. The minimum Gasteiger partial charge on any atom is -0.348 e. The summed E-state index contributed by atoms with van der Waals surface area (Å²) in [4.78, 5) is 11.9. The molecule has 2 rings (SSSR count). The quantitative estimate of drug-likeness (QED) is 0.916. The van der Waals surface area contributed by atoms with Gasteiger partial charge in [-0.25, -0.2) is 0 Å². The van der Waals surface area contributed by atoms with Crippen molar-refractivity contribution < 1.29 is 18.0 Å². The van der Waals surface area contributed by atoms with Crippen molar-refractivity contribution in [2.45, 2.75) is 39.0 Å². The van der Waals surface area contributed by atoms with Crippen LogP contribution in [0.25, 0.3) is 0 Å². The number of carbonyl (C=O) groups is 1. The summed E-state index contributed by atoms with van der Waals surface area (Å²) in [7, 11) is 0. The fraction of sp³-hybridized carbons (Fsp3) is 0.375. The van der Waals surface area contributed by atoms with Gasteiger partial charge in [0, 0.05) is 6.20 Å². The highest BCUT2D eigenvalue weighted by Crippen LogP contribution is 2.27. The van der Waals surface area contributed by atoms with E-state index >= 15 is 0 Å². The predicted molar refractivity (Wildman–Crippen MR) is 79.6 cm³/mol. The summed E-state index contributed by atoms with van der Waals surface area (Å²) in [6.07, 6.45) is -2.43. The van der Waals surface area contributed by atoms with Crippen LogP contribution in [0.3, 0.4) is 0 Å². The molecule has 0 aliphatic heterocycles. The van der Waals surface area contributed by atoms with Crippen LogP contribution in [0.4, 0.5) is 13.2 Å². The van der Waals surface area contributed by atoms with Gasteiger partial charge in [-0.05, 0) is 30.5 Å². The van der Waals surface area contributed by atoms with Crippen molar-refractivity contribution in [2.75, 3.05) is 0 Å². The summed E-state index contributed by atoms with van der Waals surface area (Å²) in [6, 6.07) is 8.45. The lowest BCUT2D eigenvalue weighted by Gasteiger charge is -2.15. The van der Waals surface area contributed by atoms with E-state index in [4.69, 9.17) is 0 Å². The van der Waals surface area contributed by atoms with Gasteiger partial charge in [0.15, 0.2) is 5.69 Å². The van der Waals surface area contributed by atoms with Crippen LogP contribution in [-0.4, -0.2) is 15.7 Å². The number of nitrogens with one attached hydrogen (secondary N) is 1. The molecule has 1 unspecified atom stereocenters. The normalized spacial score (nSPS) is 12.9. The lowest BCUT2D eigenvalue weighted by Crippen LogP contribution is -2.30. The van der Waals surface area contributed by atoms with E-state index in [0.29, 0.717) is 0 Å². The van der Waals surface area contributed by atoms with E-state index in [0.717, 1.165) is 28.9 Å². The van der Waals surface area contributed by atoms with Crippen LogP contribution < -0.4 is 5.32 Å². The molecule has 23 heavy (non-hydrogen) atoms. The molecule has 1 N–H and O–H groups in total. The first-order chi connectivity index (χ1) is 10.8. The molecule has 0 spiro atoms. The zero-order valence-electron chi connectivity index (χ0n) is 12.9. The number of alkyl halides is 3. The molecule has 124 valence electrons. The summed E-state index contributed by atoms with van der Waals surface area (Å²) >= 11 is 0. The van der Waals surface area contributed by atoms with Crippen molar-refractivity contribution in [1.29, 1.82) is 0 Å². The molecule has 0 saturated heterocycles. The molecular formula is C16H18F3N3O. The highest BCUT2D eigenvalue weighted by Gasteiger charge is 2.33. The van der Waals surface area contributed by atoms with E-state index in [-0.39, 0.29) is 12.6 Å². The molecule has 1 aromatic heterocycles. The van der Waals surface area contributed by atoms with E-state index in [1.807, 2.05) is 31.2 Å². The third-order valence-electron chi connectivity index (χ3n) is 3.50. The molecule has 0 bridgehead atoms. The third kappa shape index (κ3) is 4.58. The second kappa shape index (κ2) is 6.85. The van der Waals surface area contributed by atoms with Crippen molar-refractivity contribution in [3.8, 4) is 0 Å². The van der Waals surface area contributed by atoms with Gasteiger partial charge < -0.3 is 5.32 Å². The lowest BCUT2D eigenvalue weighted by atomic mass is 10.1. The zero-order valence-corrected chi connectivity index (χ0v) is 12.9. The van der Waals surface area contributed by atoms with E-state index in [2.05, 4.69) is 17.3 Å². The summed E-state index contributed by atoms with van der Waals surface area (Å²) in [5.41, 5.74) is 1.13. The first-order valence-corrected chi connectivity index (χ1v) is 7.28. The molecule has 7 heteroatoms. The lowest BCUT2D eigenvalue weighted by molar-refractivity contribution is -0.141. The Bertz CT molecular complexity index is 662. The molecule has 0 aliphatic rings. The first kappa shape index (κ1) is 17.1. The van der Waals surface area contributed by atoms with Gasteiger partial charge >= 0.3 is 6.18 Å². The third-order valence-corrected chi connectivity index (χ3v) is 3.50. The maximum atomic E-state index is 12.5. The maximum absolute atomic E-state index is 12.5. The van der Waals surface area contributed by atoms with Crippen LogP contribution in [0.15, 0.2) is 36.5 Å².